The molecule has 0 bridgehead atoms. The Morgan fingerprint density at radius 2 is 2.20 bits per heavy atom. The van der Waals surface area contributed by atoms with Gasteiger partial charge in [-0.25, -0.2) is 4.79 Å². The van der Waals surface area contributed by atoms with Gasteiger partial charge in [-0.05, 0) is 37.5 Å². The third-order valence-electron chi connectivity index (χ3n) is 3.18. The summed E-state index contributed by atoms with van der Waals surface area (Å²) in [5, 5.41) is 0. The number of halogens is 1. The summed E-state index contributed by atoms with van der Waals surface area (Å²) in [7, 11) is 0. The van der Waals surface area contributed by atoms with E-state index in [2.05, 4.69) is 15.9 Å². The molecule has 1 aliphatic heterocycles. The maximum atomic E-state index is 11.8. The van der Waals surface area contributed by atoms with Crippen molar-refractivity contribution in [2.24, 2.45) is 0 Å². The second-order valence-corrected chi connectivity index (χ2v) is 5.76. The smallest absolute Gasteiger partial charge is 0.335 e. The van der Waals surface area contributed by atoms with Crippen molar-refractivity contribution in [1.82, 2.24) is 0 Å². The average Bonchev–Trinajstić information content (AvgIpc) is 2.97. The maximum Gasteiger partial charge on any atom is 0.335 e. The SMILES string of the molecule is CC(OCC1CCCO1)C(=O)OCc1ccc(Br)cc1. The highest BCUT2D eigenvalue weighted by Crippen LogP contribution is 2.14. The highest BCUT2D eigenvalue weighted by molar-refractivity contribution is 9.10. The van der Waals surface area contributed by atoms with Crippen molar-refractivity contribution in [3.05, 3.63) is 34.3 Å². The summed E-state index contributed by atoms with van der Waals surface area (Å²) < 4.78 is 17.2. The van der Waals surface area contributed by atoms with E-state index in [0.717, 1.165) is 29.5 Å². The molecule has 2 rings (SSSR count). The predicted octanol–water partition coefficient (Wildman–Crippen LogP) is 3.08. The van der Waals surface area contributed by atoms with Crippen LogP contribution < -0.4 is 0 Å². The Kier molecular flexibility index (Phi) is 6.01. The van der Waals surface area contributed by atoms with E-state index >= 15 is 0 Å². The predicted molar refractivity (Wildman–Crippen MR) is 78.3 cm³/mol. The molecular weight excluding hydrogens is 324 g/mol. The van der Waals surface area contributed by atoms with Gasteiger partial charge in [-0.1, -0.05) is 28.1 Å². The highest BCUT2D eigenvalue weighted by Gasteiger charge is 2.20. The molecule has 4 nitrogen and oxygen atoms in total. The normalized spacial score (nSPS) is 19.8. The molecule has 0 aliphatic carbocycles. The zero-order valence-corrected chi connectivity index (χ0v) is 13.1. The van der Waals surface area contributed by atoms with Crippen LogP contribution in [0.3, 0.4) is 0 Å². The van der Waals surface area contributed by atoms with E-state index in [-0.39, 0.29) is 18.7 Å². The number of esters is 1. The van der Waals surface area contributed by atoms with Crippen molar-refractivity contribution in [3.8, 4) is 0 Å². The first kappa shape index (κ1) is 15.5. The standard InChI is InChI=1S/C15H19BrO4/c1-11(19-10-14-3-2-8-18-14)15(17)20-9-12-4-6-13(16)7-5-12/h4-7,11,14H,2-3,8-10H2,1H3. The molecule has 0 radical (unpaired) electrons. The Morgan fingerprint density at radius 3 is 2.85 bits per heavy atom. The average molecular weight is 343 g/mol. The summed E-state index contributed by atoms with van der Waals surface area (Å²) in [6.07, 6.45) is 1.63. The lowest BCUT2D eigenvalue weighted by Crippen LogP contribution is -2.27. The first-order valence-corrected chi connectivity index (χ1v) is 7.59. The molecule has 1 fully saturated rings. The molecule has 0 N–H and O–H groups in total. The second-order valence-electron chi connectivity index (χ2n) is 4.84. The summed E-state index contributed by atoms with van der Waals surface area (Å²) in [5.74, 6) is -0.342. The summed E-state index contributed by atoms with van der Waals surface area (Å²) in [6, 6.07) is 7.66. The van der Waals surface area contributed by atoms with Crippen molar-refractivity contribution < 1.29 is 19.0 Å². The van der Waals surface area contributed by atoms with E-state index in [1.807, 2.05) is 24.3 Å². The third kappa shape index (κ3) is 4.89. The van der Waals surface area contributed by atoms with E-state index in [1.54, 1.807) is 6.92 Å². The van der Waals surface area contributed by atoms with Crippen LogP contribution >= 0.6 is 15.9 Å². The number of ether oxygens (including phenoxy) is 3. The van der Waals surface area contributed by atoms with Crippen molar-refractivity contribution >= 4 is 21.9 Å². The van der Waals surface area contributed by atoms with Crippen LogP contribution in [0.15, 0.2) is 28.7 Å². The molecule has 0 spiro atoms. The minimum Gasteiger partial charge on any atom is -0.459 e. The zero-order valence-electron chi connectivity index (χ0n) is 11.5. The molecule has 2 atom stereocenters. The summed E-state index contributed by atoms with van der Waals surface area (Å²) >= 11 is 3.36. The molecule has 5 heteroatoms. The van der Waals surface area contributed by atoms with Gasteiger partial charge in [-0.2, -0.15) is 0 Å². The van der Waals surface area contributed by atoms with Gasteiger partial charge in [0, 0.05) is 11.1 Å². The highest BCUT2D eigenvalue weighted by atomic mass is 79.9. The fourth-order valence-electron chi connectivity index (χ4n) is 1.95. The van der Waals surface area contributed by atoms with Crippen LogP contribution in [-0.2, 0) is 25.6 Å². The molecule has 20 heavy (non-hydrogen) atoms. The lowest BCUT2D eigenvalue weighted by Gasteiger charge is -2.15. The fraction of sp³-hybridized carbons (Fsp3) is 0.533. The van der Waals surface area contributed by atoms with E-state index in [0.29, 0.717) is 6.61 Å². The van der Waals surface area contributed by atoms with Crippen molar-refractivity contribution in [2.75, 3.05) is 13.2 Å². The van der Waals surface area contributed by atoms with Gasteiger partial charge in [0.15, 0.2) is 6.10 Å². The minimum absolute atomic E-state index is 0.122. The molecular formula is C15H19BrO4. The number of carbonyl (C=O) groups is 1. The summed E-state index contributed by atoms with van der Waals surface area (Å²) in [4.78, 5) is 11.8. The van der Waals surface area contributed by atoms with Crippen LogP contribution in [-0.4, -0.2) is 31.4 Å². The number of carbonyl (C=O) groups excluding carboxylic acids is 1. The fourth-order valence-corrected chi connectivity index (χ4v) is 2.21. The Morgan fingerprint density at radius 1 is 1.45 bits per heavy atom. The van der Waals surface area contributed by atoms with E-state index in [4.69, 9.17) is 14.2 Å². The Labute approximate surface area is 127 Å². The summed E-state index contributed by atoms with van der Waals surface area (Å²) in [5.41, 5.74) is 0.952. The van der Waals surface area contributed by atoms with Crippen LogP contribution in [0.25, 0.3) is 0 Å². The van der Waals surface area contributed by atoms with E-state index < -0.39 is 6.10 Å². The topological polar surface area (TPSA) is 44.8 Å². The molecule has 0 amide bonds. The monoisotopic (exact) mass is 342 g/mol. The third-order valence-corrected chi connectivity index (χ3v) is 3.71. The molecule has 0 saturated carbocycles. The maximum absolute atomic E-state index is 11.8. The number of rotatable bonds is 6. The van der Waals surface area contributed by atoms with Gasteiger partial charge in [0.1, 0.15) is 6.61 Å². The summed E-state index contributed by atoms with van der Waals surface area (Å²) in [6.45, 7) is 3.21. The zero-order chi connectivity index (χ0) is 14.4. The van der Waals surface area contributed by atoms with Crippen molar-refractivity contribution in [1.29, 1.82) is 0 Å². The van der Waals surface area contributed by atoms with E-state index in [9.17, 15) is 4.79 Å². The van der Waals surface area contributed by atoms with Gasteiger partial charge in [-0.3, -0.25) is 0 Å². The molecule has 110 valence electrons. The van der Waals surface area contributed by atoms with Gasteiger partial charge in [-0.15, -0.1) is 0 Å². The van der Waals surface area contributed by atoms with Gasteiger partial charge in [0.05, 0.1) is 12.7 Å². The van der Waals surface area contributed by atoms with Gasteiger partial charge < -0.3 is 14.2 Å². The van der Waals surface area contributed by atoms with Crippen LogP contribution in [0.5, 0.6) is 0 Å². The first-order chi connectivity index (χ1) is 9.65. The van der Waals surface area contributed by atoms with E-state index in [1.165, 1.54) is 0 Å². The van der Waals surface area contributed by atoms with Gasteiger partial charge in [0.25, 0.3) is 0 Å². The quantitative estimate of drug-likeness (QED) is 0.745. The molecule has 1 aromatic carbocycles. The number of hydrogen-bond acceptors (Lipinski definition) is 4. The van der Waals surface area contributed by atoms with Crippen molar-refractivity contribution in [2.45, 2.75) is 38.6 Å². The van der Waals surface area contributed by atoms with Gasteiger partial charge >= 0.3 is 5.97 Å². The van der Waals surface area contributed by atoms with Crippen LogP contribution in [0.1, 0.15) is 25.3 Å². The number of benzene rings is 1. The number of hydrogen-bond donors (Lipinski definition) is 0. The van der Waals surface area contributed by atoms with Crippen LogP contribution in [0, 0.1) is 0 Å². The molecule has 1 aliphatic rings. The molecule has 0 aromatic heterocycles. The minimum atomic E-state index is -0.561. The molecule has 1 heterocycles. The molecule has 1 aromatic rings. The van der Waals surface area contributed by atoms with Crippen LogP contribution in [0.4, 0.5) is 0 Å². The molecule has 2 unspecified atom stereocenters. The lowest BCUT2D eigenvalue weighted by atomic mass is 10.2. The lowest BCUT2D eigenvalue weighted by molar-refractivity contribution is -0.159. The Balaban J connectivity index is 1.69. The largest absolute Gasteiger partial charge is 0.459 e. The Bertz CT molecular complexity index is 426. The van der Waals surface area contributed by atoms with Crippen LogP contribution in [0.2, 0.25) is 0 Å². The Hall–Kier alpha value is -0.910. The second kappa shape index (κ2) is 7.76. The molecule has 1 saturated heterocycles. The van der Waals surface area contributed by atoms with Crippen molar-refractivity contribution in [3.63, 3.8) is 0 Å². The first-order valence-electron chi connectivity index (χ1n) is 6.79. The van der Waals surface area contributed by atoms with Gasteiger partial charge in [0.2, 0.25) is 0 Å².